The number of ether oxygens (including phenoxy) is 1. The summed E-state index contributed by atoms with van der Waals surface area (Å²) >= 11 is 2.86. The first-order valence-electron chi connectivity index (χ1n) is 7.41. The maximum absolute atomic E-state index is 12.5. The minimum atomic E-state index is -1.16. The highest BCUT2D eigenvalue weighted by atomic mass is 32.1. The summed E-state index contributed by atoms with van der Waals surface area (Å²) in [5.74, 6) is -0.0609. The number of aromatic amines is 1. The lowest BCUT2D eigenvalue weighted by molar-refractivity contribution is -0.104. The number of nitrogens with zero attached hydrogens (tertiary/aromatic N) is 1. The summed E-state index contributed by atoms with van der Waals surface area (Å²) in [6, 6.07) is 3.95. The SMILES string of the molecule is CC(C)C1(O)COCc2c1[nH]c(=O)c1sc(-c3ccns3)cc21. The van der Waals surface area contributed by atoms with Crippen molar-refractivity contribution in [3.8, 4) is 9.75 Å². The predicted octanol–water partition coefficient (Wildman–Crippen LogP) is 3.09. The number of hydrogen-bond donors (Lipinski definition) is 2. The molecule has 0 saturated heterocycles. The molecule has 0 aromatic carbocycles. The van der Waals surface area contributed by atoms with Gasteiger partial charge in [0.2, 0.25) is 0 Å². The van der Waals surface area contributed by atoms with Crippen molar-refractivity contribution in [1.29, 1.82) is 0 Å². The Balaban J connectivity index is 2.01. The summed E-state index contributed by atoms with van der Waals surface area (Å²) in [7, 11) is 0. The van der Waals surface area contributed by atoms with Crippen LogP contribution in [0.4, 0.5) is 0 Å². The van der Waals surface area contributed by atoms with E-state index in [-0.39, 0.29) is 18.1 Å². The van der Waals surface area contributed by atoms with Crippen LogP contribution in [0.2, 0.25) is 0 Å². The zero-order chi connectivity index (χ0) is 16.2. The maximum Gasteiger partial charge on any atom is 0.266 e. The zero-order valence-electron chi connectivity index (χ0n) is 12.8. The molecule has 1 aliphatic rings. The fourth-order valence-corrected chi connectivity index (χ4v) is 4.73. The zero-order valence-corrected chi connectivity index (χ0v) is 14.4. The van der Waals surface area contributed by atoms with E-state index in [2.05, 4.69) is 9.36 Å². The summed E-state index contributed by atoms with van der Waals surface area (Å²) in [6.45, 7) is 4.45. The van der Waals surface area contributed by atoms with Crippen molar-refractivity contribution < 1.29 is 9.84 Å². The molecule has 0 spiro atoms. The van der Waals surface area contributed by atoms with E-state index in [1.807, 2.05) is 26.0 Å². The fraction of sp³-hybridized carbons (Fsp3) is 0.375. The van der Waals surface area contributed by atoms with Crippen LogP contribution in [0.15, 0.2) is 23.1 Å². The molecule has 0 fully saturated rings. The van der Waals surface area contributed by atoms with Crippen molar-refractivity contribution in [1.82, 2.24) is 9.36 Å². The summed E-state index contributed by atoms with van der Waals surface area (Å²) in [5, 5.41) is 11.8. The summed E-state index contributed by atoms with van der Waals surface area (Å²) in [6.07, 6.45) is 1.75. The number of aromatic nitrogens is 2. The van der Waals surface area contributed by atoms with Crippen LogP contribution in [0.5, 0.6) is 0 Å². The van der Waals surface area contributed by atoms with Crippen molar-refractivity contribution in [3.05, 3.63) is 39.9 Å². The van der Waals surface area contributed by atoms with Crippen molar-refractivity contribution in [2.45, 2.75) is 26.1 Å². The van der Waals surface area contributed by atoms with Gasteiger partial charge in [0.1, 0.15) is 10.3 Å². The van der Waals surface area contributed by atoms with Crippen LogP contribution in [0.3, 0.4) is 0 Å². The van der Waals surface area contributed by atoms with Gasteiger partial charge in [-0.3, -0.25) is 4.79 Å². The predicted molar refractivity (Wildman–Crippen MR) is 91.9 cm³/mol. The van der Waals surface area contributed by atoms with Gasteiger partial charge in [0.05, 0.1) is 23.8 Å². The average molecular weight is 348 g/mol. The van der Waals surface area contributed by atoms with Gasteiger partial charge in [0.25, 0.3) is 5.56 Å². The van der Waals surface area contributed by atoms with Crippen LogP contribution < -0.4 is 5.56 Å². The first kappa shape index (κ1) is 15.0. The van der Waals surface area contributed by atoms with Crippen molar-refractivity contribution in [2.24, 2.45) is 5.92 Å². The van der Waals surface area contributed by atoms with Crippen molar-refractivity contribution in [3.63, 3.8) is 0 Å². The molecule has 1 aliphatic heterocycles. The molecule has 0 amide bonds. The molecule has 2 N–H and O–H groups in total. The molecular weight excluding hydrogens is 332 g/mol. The minimum Gasteiger partial charge on any atom is -0.381 e. The minimum absolute atomic E-state index is 0.0609. The van der Waals surface area contributed by atoms with E-state index in [9.17, 15) is 9.90 Å². The van der Waals surface area contributed by atoms with Gasteiger partial charge < -0.3 is 14.8 Å². The summed E-state index contributed by atoms with van der Waals surface area (Å²) < 4.78 is 10.4. The van der Waals surface area contributed by atoms with Crippen LogP contribution in [0.1, 0.15) is 25.1 Å². The molecule has 5 nitrogen and oxygen atoms in total. The monoisotopic (exact) mass is 348 g/mol. The van der Waals surface area contributed by atoms with E-state index in [4.69, 9.17) is 4.74 Å². The highest BCUT2D eigenvalue weighted by molar-refractivity contribution is 7.24. The Morgan fingerprint density at radius 3 is 2.96 bits per heavy atom. The Kier molecular flexibility index (Phi) is 3.42. The van der Waals surface area contributed by atoms with Crippen LogP contribution in [0, 0.1) is 5.92 Å². The van der Waals surface area contributed by atoms with Gasteiger partial charge in [-0.1, -0.05) is 13.8 Å². The van der Waals surface area contributed by atoms with Crippen LogP contribution >= 0.6 is 22.9 Å². The molecule has 7 heteroatoms. The lowest BCUT2D eigenvalue weighted by Crippen LogP contribution is -2.43. The van der Waals surface area contributed by atoms with Gasteiger partial charge in [0, 0.05) is 22.0 Å². The second-order valence-electron chi connectivity index (χ2n) is 6.11. The summed E-state index contributed by atoms with van der Waals surface area (Å²) in [5.41, 5.74) is 0.174. The Morgan fingerprint density at radius 1 is 1.43 bits per heavy atom. The molecule has 3 aromatic heterocycles. The van der Waals surface area contributed by atoms with E-state index in [1.54, 1.807) is 6.20 Å². The molecule has 120 valence electrons. The third kappa shape index (κ3) is 2.19. The maximum atomic E-state index is 12.5. The number of thiophene rings is 1. The molecule has 1 atom stereocenters. The fourth-order valence-electron chi connectivity index (χ4n) is 2.98. The van der Waals surface area contributed by atoms with Gasteiger partial charge in [0.15, 0.2) is 0 Å². The molecule has 1 unspecified atom stereocenters. The number of pyridine rings is 1. The Labute approximate surface area is 140 Å². The first-order chi connectivity index (χ1) is 11.0. The number of nitrogens with one attached hydrogen (secondary N) is 1. The van der Waals surface area contributed by atoms with Gasteiger partial charge in [-0.25, -0.2) is 4.37 Å². The van der Waals surface area contributed by atoms with Gasteiger partial charge in [-0.05, 0) is 29.6 Å². The van der Waals surface area contributed by atoms with Crippen LogP contribution in [-0.4, -0.2) is 21.1 Å². The Bertz CT molecular complexity index is 927. The van der Waals surface area contributed by atoms with Crippen molar-refractivity contribution in [2.75, 3.05) is 6.61 Å². The molecule has 0 saturated carbocycles. The van der Waals surface area contributed by atoms with Crippen LogP contribution in [-0.2, 0) is 16.9 Å². The van der Waals surface area contributed by atoms with Gasteiger partial charge in [-0.15, -0.1) is 11.3 Å². The number of hydrogen-bond acceptors (Lipinski definition) is 6. The average Bonchev–Trinajstić information content (AvgIpc) is 3.17. The van der Waals surface area contributed by atoms with Gasteiger partial charge in [-0.2, -0.15) is 0 Å². The molecule has 3 aromatic rings. The van der Waals surface area contributed by atoms with Gasteiger partial charge >= 0.3 is 0 Å². The van der Waals surface area contributed by atoms with Crippen molar-refractivity contribution >= 4 is 33.0 Å². The highest BCUT2D eigenvalue weighted by Gasteiger charge is 2.40. The first-order valence-corrected chi connectivity index (χ1v) is 9.00. The topological polar surface area (TPSA) is 75.2 Å². The molecule has 0 bridgehead atoms. The lowest BCUT2D eigenvalue weighted by Gasteiger charge is -2.37. The molecule has 0 aliphatic carbocycles. The molecular formula is C16H16N2O3S2. The molecule has 0 radical (unpaired) electrons. The molecule has 4 rings (SSSR count). The second kappa shape index (κ2) is 5.24. The molecule has 4 heterocycles. The number of aliphatic hydroxyl groups is 1. The van der Waals surface area contributed by atoms with E-state index in [1.165, 1.54) is 22.9 Å². The Morgan fingerprint density at radius 2 is 2.26 bits per heavy atom. The van der Waals surface area contributed by atoms with E-state index < -0.39 is 5.60 Å². The smallest absolute Gasteiger partial charge is 0.266 e. The third-order valence-corrected chi connectivity index (χ3v) is 6.52. The van der Waals surface area contributed by atoms with Crippen LogP contribution in [0.25, 0.3) is 19.8 Å². The standard InChI is InChI=1S/C16H16N2O3S2/c1-8(2)16(20)7-21-6-10-9-5-12(11-3-4-17-23-11)22-13(9)15(19)18-14(10)16/h3-5,8,20H,6-7H2,1-2H3,(H,18,19). The third-order valence-electron chi connectivity index (χ3n) is 4.44. The largest absolute Gasteiger partial charge is 0.381 e. The normalized spacial score (nSPS) is 21.0. The van der Waals surface area contributed by atoms with E-state index in [0.717, 1.165) is 20.7 Å². The lowest BCUT2D eigenvalue weighted by atomic mass is 9.83. The second-order valence-corrected chi connectivity index (χ2v) is 7.99. The Hall–Kier alpha value is -1.54. The van der Waals surface area contributed by atoms with E-state index >= 15 is 0 Å². The number of rotatable bonds is 2. The number of fused-ring (bicyclic) bond motifs is 3. The molecule has 23 heavy (non-hydrogen) atoms. The highest BCUT2D eigenvalue weighted by Crippen LogP contribution is 2.41. The summed E-state index contributed by atoms with van der Waals surface area (Å²) in [4.78, 5) is 17.5. The van der Waals surface area contributed by atoms with E-state index in [0.29, 0.717) is 17.0 Å². The quantitative estimate of drug-likeness (QED) is 0.746. The number of H-pyrrole nitrogens is 1.